The lowest BCUT2D eigenvalue weighted by molar-refractivity contribution is 0.361. The molecule has 1 rings (SSSR count). The molecular formula is C14H26ClN3. The Kier molecular flexibility index (Phi) is 6.16. The summed E-state index contributed by atoms with van der Waals surface area (Å²) in [4.78, 5) is 0. The van der Waals surface area contributed by atoms with Crippen LogP contribution in [-0.2, 0) is 19.9 Å². The lowest BCUT2D eigenvalue weighted by Crippen LogP contribution is -2.34. The van der Waals surface area contributed by atoms with Crippen LogP contribution in [0.3, 0.4) is 0 Å². The van der Waals surface area contributed by atoms with Gasteiger partial charge in [-0.2, -0.15) is 5.10 Å². The molecule has 18 heavy (non-hydrogen) atoms. The van der Waals surface area contributed by atoms with E-state index in [1.807, 2.05) is 11.7 Å². The second-order valence-corrected chi connectivity index (χ2v) is 5.28. The second-order valence-electron chi connectivity index (χ2n) is 4.90. The minimum absolute atomic E-state index is 0.510. The SMILES string of the molecule is CCNC(C)C(CC)Cc1c(Cl)c(CC)nn1C. The Balaban J connectivity index is 2.84. The fourth-order valence-corrected chi connectivity index (χ4v) is 2.82. The van der Waals surface area contributed by atoms with E-state index >= 15 is 0 Å². The lowest BCUT2D eigenvalue weighted by Gasteiger charge is -2.23. The fraction of sp³-hybridized carbons (Fsp3) is 0.786. The molecule has 104 valence electrons. The number of halogens is 1. The molecule has 0 radical (unpaired) electrons. The maximum absolute atomic E-state index is 6.41. The van der Waals surface area contributed by atoms with Crippen molar-refractivity contribution in [3.05, 3.63) is 16.4 Å². The van der Waals surface area contributed by atoms with Gasteiger partial charge in [-0.05, 0) is 32.2 Å². The molecule has 1 heterocycles. The van der Waals surface area contributed by atoms with E-state index in [2.05, 4.69) is 38.1 Å². The molecule has 2 atom stereocenters. The molecule has 2 unspecified atom stereocenters. The molecule has 3 nitrogen and oxygen atoms in total. The molecule has 4 heteroatoms. The van der Waals surface area contributed by atoms with E-state index in [1.165, 1.54) is 5.69 Å². The molecule has 0 bridgehead atoms. The summed E-state index contributed by atoms with van der Waals surface area (Å²) < 4.78 is 1.95. The number of nitrogens with zero attached hydrogens (tertiary/aromatic N) is 2. The van der Waals surface area contributed by atoms with Crippen LogP contribution in [0.15, 0.2) is 0 Å². The summed E-state index contributed by atoms with van der Waals surface area (Å²) in [7, 11) is 1.99. The predicted octanol–water partition coefficient (Wildman–Crippen LogP) is 3.20. The zero-order valence-electron chi connectivity index (χ0n) is 12.3. The highest BCUT2D eigenvalue weighted by molar-refractivity contribution is 6.31. The molecule has 0 spiro atoms. The zero-order chi connectivity index (χ0) is 13.7. The fourth-order valence-electron chi connectivity index (χ4n) is 2.45. The van der Waals surface area contributed by atoms with Gasteiger partial charge in [0.25, 0.3) is 0 Å². The minimum Gasteiger partial charge on any atom is -0.314 e. The molecule has 1 N–H and O–H groups in total. The van der Waals surface area contributed by atoms with Gasteiger partial charge < -0.3 is 5.32 Å². The Morgan fingerprint density at radius 2 is 2.00 bits per heavy atom. The second kappa shape index (κ2) is 7.15. The van der Waals surface area contributed by atoms with Crippen molar-refractivity contribution in [3.63, 3.8) is 0 Å². The summed E-state index contributed by atoms with van der Waals surface area (Å²) in [6.07, 6.45) is 3.04. The summed E-state index contributed by atoms with van der Waals surface area (Å²) >= 11 is 6.41. The topological polar surface area (TPSA) is 29.9 Å². The van der Waals surface area contributed by atoms with E-state index in [0.717, 1.165) is 36.5 Å². The van der Waals surface area contributed by atoms with Crippen molar-refractivity contribution in [1.82, 2.24) is 15.1 Å². The molecule has 0 fully saturated rings. The molecule has 1 aromatic heterocycles. The van der Waals surface area contributed by atoms with Gasteiger partial charge in [-0.25, -0.2) is 0 Å². The first-order valence-corrected chi connectivity index (χ1v) is 7.36. The van der Waals surface area contributed by atoms with Crippen molar-refractivity contribution < 1.29 is 0 Å². The van der Waals surface area contributed by atoms with Crippen molar-refractivity contribution in [2.45, 2.75) is 53.0 Å². The maximum Gasteiger partial charge on any atom is 0.0849 e. The third kappa shape index (κ3) is 3.48. The smallest absolute Gasteiger partial charge is 0.0849 e. The molecule has 0 aromatic carbocycles. The van der Waals surface area contributed by atoms with Crippen LogP contribution in [0.5, 0.6) is 0 Å². The van der Waals surface area contributed by atoms with Crippen LogP contribution in [0.25, 0.3) is 0 Å². The van der Waals surface area contributed by atoms with E-state index in [4.69, 9.17) is 11.6 Å². The van der Waals surface area contributed by atoms with Gasteiger partial charge in [0, 0.05) is 13.1 Å². The molecular weight excluding hydrogens is 246 g/mol. The average molecular weight is 272 g/mol. The Labute approximate surface area is 116 Å². The monoisotopic (exact) mass is 271 g/mol. The standard InChI is InChI=1S/C14H26ClN3/c1-6-11(10(4)16-8-3)9-13-14(15)12(7-2)17-18(13)5/h10-11,16H,6-9H2,1-5H3. The number of aryl methyl sites for hydroxylation is 2. The van der Waals surface area contributed by atoms with Crippen LogP contribution in [0, 0.1) is 5.92 Å². The summed E-state index contributed by atoms with van der Waals surface area (Å²) in [6.45, 7) is 9.75. The van der Waals surface area contributed by atoms with E-state index in [0.29, 0.717) is 12.0 Å². The molecule has 0 aliphatic carbocycles. The number of aromatic nitrogens is 2. The summed E-state index contributed by atoms with van der Waals surface area (Å²) in [6, 6.07) is 0.510. The van der Waals surface area contributed by atoms with E-state index in [-0.39, 0.29) is 0 Å². The van der Waals surface area contributed by atoms with Crippen molar-refractivity contribution in [2.75, 3.05) is 6.54 Å². The normalized spacial score (nSPS) is 14.8. The van der Waals surface area contributed by atoms with Crippen LogP contribution in [0.4, 0.5) is 0 Å². The quantitative estimate of drug-likeness (QED) is 0.825. The molecule has 0 saturated heterocycles. The first-order valence-electron chi connectivity index (χ1n) is 6.98. The summed E-state index contributed by atoms with van der Waals surface area (Å²) in [5, 5.41) is 8.85. The number of nitrogens with one attached hydrogen (secondary N) is 1. The Morgan fingerprint density at radius 1 is 1.33 bits per heavy atom. The Morgan fingerprint density at radius 3 is 2.44 bits per heavy atom. The highest BCUT2D eigenvalue weighted by Gasteiger charge is 2.20. The van der Waals surface area contributed by atoms with Crippen molar-refractivity contribution in [3.8, 4) is 0 Å². The molecule has 0 aliphatic heterocycles. The highest BCUT2D eigenvalue weighted by Crippen LogP contribution is 2.25. The third-order valence-corrected chi connectivity index (χ3v) is 4.15. The Bertz CT molecular complexity index is 373. The highest BCUT2D eigenvalue weighted by atomic mass is 35.5. The minimum atomic E-state index is 0.510. The summed E-state index contributed by atoms with van der Waals surface area (Å²) in [5.74, 6) is 0.600. The molecule has 1 aromatic rings. The molecule has 0 aliphatic rings. The van der Waals surface area contributed by atoms with Gasteiger partial charge in [-0.3, -0.25) is 4.68 Å². The first-order chi connectivity index (χ1) is 8.54. The van der Waals surface area contributed by atoms with Crippen LogP contribution in [0.1, 0.15) is 45.5 Å². The van der Waals surface area contributed by atoms with Gasteiger partial charge in [0.2, 0.25) is 0 Å². The number of rotatable bonds is 7. The van der Waals surface area contributed by atoms with Gasteiger partial charge in [0.15, 0.2) is 0 Å². The first kappa shape index (κ1) is 15.5. The van der Waals surface area contributed by atoms with Crippen LogP contribution < -0.4 is 5.32 Å². The van der Waals surface area contributed by atoms with E-state index in [1.54, 1.807) is 0 Å². The van der Waals surface area contributed by atoms with Crippen molar-refractivity contribution in [2.24, 2.45) is 13.0 Å². The van der Waals surface area contributed by atoms with Crippen LogP contribution in [0.2, 0.25) is 5.02 Å². The summed E-state index contributed by atoms with van der Waals surface area (Å²) in [5.41, 5.74) is 2.19. The third-order valence-electron chi connectivity index (χ3n) is 3.72. The average Bonchev–Trinajstić information content (AvgIpc) is 2.62. The van der Waals surface area contributed by atoms with Gasteiger partial charge in [-0.1, -0.05) is 38.8 Å². The van der Waals surface area contributed by atoms with Crippen LogP contribution in [-0.4, -0.2) is 22.4 Å². The predicted molar refractivity (Wildman–Crippen MR) is 78.2 cm³/mol. The van der Waals surface area contributed by atoms with Gasteiger partial charge in [-0.15, -0.1) is 0 Å². The molecule has 0 saturated carbocycles. The Hall–Kier alpha value is -0.540. The van der Waals surface area contributed by atoms with Gasteiger partial charge in [0.1, 0.15) is 0 Å². The van der Waals surface area contributed by atoms with E-state index in [9.17, 15) is 0 Å². The van der Waals surface area contributed by atoms with Crippen molar-refractivity contribution >= 4 is 11.6 Å². The van der Waals surface area contributed by atoms with Gasteiger partial charge in [0.05, 0.1) is 16.4 Å². The number of hydrogen-bond acceptors (Lipinski definition) is 2. The van der Waals surface area contributed by atoms with Crippen molar-refractivity contribution in [1.29, 1.82) is 0 Å². The molecule has 0 amide bonds. The largest absolute Gasteiger partial charge is 0.314 e. The number of hydrogen-bond donors (Lipinski definition) is 1. The lowest BCUT2D eigenvalue weighted by atomic mass is 9.92. The van der Waals surface area contributed by atoms with Crippen LogP contribution >= 0.6 is 11.6 Å². The van der Waals surface area contributed by atoms with Gasteiger partial charge >= 0.3 is 0 Å². The zero-order valence-corrected chi connectivity index (χ0v) is 13.0. The maximum atomic E-state index is 6.41. The van der Waals surface area contributed by atoms with E-state index < -0.39 is 0 Å².